The van der Waals surface area contributed by atoms with E-state index in [0.29, 0.717) is 5.02 Å². The van der Waals surface area contributed by atoms with Gasteiger partial charge in [0.15, 0.2) is 0 Å². The summed E-state index contributed by atoms with van der Waals surface area (Å²) in [5.41, 5.74) is 5.82. The van der Waals surface area contributed by atoms with Gasteiger partial charge in [0.1, 0.15) is 0 Å². The van der Waals surface area contributed by atoms with Crippen LogP contribution >= 0.6 is 11.6 Å². The minimum atomic E-state index is -0.752. The molecule has 0 spiro atoms. The van der Waals surface area contributed by atoms with Crippen LogP contribution in [0.15, 0.2) is 24.3 Å². The van der Waals surface area contributed by atoms with Crippen molar-refractivity contribution in [2.75, 3.05) is 6.61 Å². The number of hydrogen-bond acceptors (Lipinski definition) is 2. The Hall–Kier alpha value is -0.570. The Bertz CT molecular complexity index is 273. The van der Waals surface area contributed by atoms with Crippen LogP contribution < -0.4 is 5.73 Å². The third-order valence-corrected chi connectivity index (χ3v) is 2.15. The lowest BCUT2D eigenvalue weighted by atomic mass is 9.94. The first-order chi connectivity index (χ1) is 5.58. The third-order valence-electron chi connectivity index (χ3n) is 1.82. The van der Waals surface area contributed by atoms with Gasteiger partial charge < -0.3 is 10.8 Å². The van der Waals surface area contributed by atoms with Crippen LogP contribution in [0.3, 0.4) is 0 Å². The van der Waals surface area contributed by atoms with Gasteiger partial charge in [-0.1, -0.05) is 29.8 Å². The quantitative estimate of drug-likeness (QED) is 0.734. The van der Waals surface area contributed by atoms with Gasteiger partial charge in [-0.05, 0) is 18.6 Å². The van der Waals surface area contributed by atoms with Gasteiger partial charge in [-0.3, -0.25) is 0 Å². The highest BCUT2D eigenvalue weighted by Gasteiger charge is 2.21. The molecule has 0 aromatic heterocycles. The summed E-state index contributed by atoms with van der Waals surface area (Å²) in [6.07, 6.45) is 0. The monoisotopic (exact) mass is 185 g/mol. The van der Waals surface area contributed by atoms with Gasteiger partial charge in [0.05, 0.1) is 12.1 Å². The minimum Gasteiger partial charge on any atom is -0.394 e. The van der Waals surface area contributed by atoms with Crippen molar-refractivity contribution >= 4 is 11.6 Å². The number of halogens is 1. The summed E-state index contributed by atoms with van der Waals surface area (Å²) in [7, 11) is 0. The van der Waals surface area contributed by atoms with Crippen molar-refractivity contribution in [2.45, 2.75) is 12.5 Å². The normalized spacial score (nSPS) is 15.7. The summed E-state index contributed by atoms with van der Waals surface area (Å²) >= 11 is 5.90. The molecule has 0 heterocycles. The molecule has 0 amide bonds. The van der Waals surface area contributed by atoms with Crippen molar-refractivity contribution in [2.24, 2.45) is 5.73 Å². The zero-order valence-electron chi connectivity index (χ0n) is 6.92. The topological polar surface area (TPSA) is 46.2 Å². The first-order valence-corrected chi connectivity index (χ1v) is 4.10. The number of aliphatic hydroxyl groups excluding tert-OH is 1. The summed E-state index contributed by atoms with van der Waals surface area (Å²) < 4.78 is 0. The van der Waals surface area contributed by atoms with Gasteiger partial charge in [-0.2, -0.15) is 0 Å². The van der Waals surface area contributed by atoms with Gasteiger partial charge in [0.2, 0.25) is 0 Å². The van der Waals surface area contributed by atoms with E-state index in [-0.39, 0.29) is 6.61 Å². The van der Waals surface area contributed by atoms with E-state index in [2.05, 4.69) is 0 Å². The zero-order chi connectivity index (χ0) is 9.19. The Morgan fingerprint density at radius 2 is 2.08 bits per heavy atom. The van der Waals surface area contributed by atoms with E-state index in [0.717, 1.165) is 5.56 Å². The smallest absolute Gasteiger partial charge is 0.0650 e. The summed E-state index contributed by atoms with van der Waals surface area (Å²) in [5, 5.41) is 9.58. The van der Waals surface area contributed by atoms with Crippen LogP contribution in [0.2, 0.25) is 5.02 Å². The molecule has 3 heteroatoms. The maximum atomic E-state index is 8.99. The van der Waals surface area contributed by atoms with Gasteiger partial charge in [0, 0.05) is 5.02 Å². The van der Waals surface area contributed by atoms with E-state index < -0.39 is 5.54 Å². The van der Waals surface area contributed by atoms with Crippen molar-refractivity contribution in [1.29, 1.82) is 0 Å². The molecular formula is C9H12ClNO. The van der Waals surface area contributed by atoms with E-state index in [4.69, 9.17) is 22.4 Å². The van der Waals surface area contributed by atoms with Gasteiger partial charge in [0.25, 0.3) is 0 Å². The fourth-order valence-electron chi connectivity index (χ4n) is 1.01. The molecule has 1 aromatic carbocycles. The first kappa shape index (κ1) is 9.52. The van der Waals surface area contributed by atoms with Gasteiger partial charge in [-0.15, -0.1) is 0 Å². The molecule has 3 N–H and O–H groups in total. The van der Waals surface area contributed by atoms with Crippen molar-refractivity contribution in [1.82, 2.24) is 0 Å². The first-order valence-electron chi connectivity index (χ1n) is 3.72. The SMILES string of the molecule is C[C@@](N)(CO)c1ccccc1Cl. The lowest BCUT2D eigenvalue weighted by molar-refractivity contribution is 0.210. The lowest BCUT2D eigenvalue weighted by Crippen LogP contribution is -2.37. The second-order valence-electron chi connectivity index (χ2n) is 3.06. The predicted octanol–water partition coefficient (Wildman–Crippen LogP) is 1.51. The van der Waals surface area contributed by atoms with E-state index in [1.54, 1.807) is 13.0 Å². The molecule has 0 saturated heterocycles. The van der Waals surface area contributed by atoms with Crippen LogP contribution in [0.4, 0.5) is 0 Å². The summed E-state index contributed by atoms with van der Waals surface area (Å²) in [6.45, 7) is 1.63. The van der Waals surface area contributed by atoms with Gasteiger partial charge in [-0.25, -0.2) is 0 Å². The standard InChI is InChI=1S/C9H12ClNO/c1-9(11,6-12)7-4-2-3-5-8(7)10/h2-5,12H,6,11H2,1H3/t9-/m1/s1. The highest BCUT2D eigenvalue weighted by atomic mass is 35.5. The number of rotatable bonds is 2. The molecule has 0 bridgehead atoms. The predicted molar refractivity (Wildman–Crippen MR) is 50.1 cm³/mol. The Labute approximate surface area is 77.0 Å². The molecule has 0 aliphatic rings. The molecule has 1 aromatic rings. The maximum Gasteiger partial charge on any atom is 0.0650 e. The Balaban J connectivity index is 3.10. The molecule has 12 heavy (non-hydrogen) atoms. The Morgan fingerprint density at radius 3 is 2.58 bits per heavy atom. The van der Waals surface area contributed by atoms with Crippen molar-refractivity contribution in [3.8, 4) is 0 Å². The fourth-order valence-corrected chi connectivity index (χ4v) is 1.36. The average Bonchev–Trinajstić information content (AvgIpc) is 2.05. The van der Waals surface area contributed by atoms with Gasteiger partial charge >= 0.3 is 0 Å². The highest BCUT2D eigenvalue weighted by molar-refractivity contribution is 6.31. The third kappa shape index (κ3) is 1.78. The second kappa shape index (κ2) is 3.44. The Kier molecular flexibility index (Phi) is 2.73. The largest absolute Gasteiger partial charge is 0.394 e. The summed E-state index contributed by atoms with van der Waals surface area (Å²) in [4.78, 5) is 0. The molecule has 0 saturated carbocycles. The molecule has 2 nitrogen and oxygen atoms in total. The number of hydrogen-bond donors (Lipinski definition) is 2. The molecular weight excluding hydrogens is 174 g/mol. The maximum absolute atomic E-state index is 8.99. The van der Waals surface area contributed by atoms with Crippen LogP contribution in [-0.4, -0.2) is 11.7 Å². The molecule has 1 atom stereocenters. The van der Waals surface area contributed by atoms with E-state index in [1.165, 1.54) is 0 Å². The molecule has 66 valence electrons. The van der Waals surface area contributed by atoms with Crippen LogP contribution in [0.25, 0.3) is 0 Å². The van der Waals surface area contributed by atoms with E-state index in [1.807, 2.05) is 18.2 Å². The molecule has 0 unspecified atom stereocenters. The van der Waals surface area contributed by atoms with E-state index in [9.17, 15) is 0 Å². The highest BCUT2D eigenvalue weighted by Crippen LogP contribution is 2.24. The van der Waals surface area contributed by atoms with Crippen molar-refractivity contribution in [3.05, 3.63) is 34.9 Å². The van der Waals surface area contributed by atoms with E-state index >= 15 is 0 Å². The van der Waals surface area contributed by atoms with Crippen LogP contribution in [0.1, 0.15) is 12.5 Å². The van der Waals surface area contributed by atoms with Crippen molar-refractivity contribution < 1.29 is 5.11 Å². The zero-order valence-corrected chi connectivity index (χ0v) is 7.67. The molecule has 1 rings (SSSR count). The number of benzene rings is 1. The fraction of sp³-hybridized carbons (Fsp3) is 0.333. The number of nitrogens with two attached hydrogens (primary N) is 1. The molecule has 0 fully saturated rings. The average molecular weight is 186 g/mol. The lowest BCUT2D eigenvalue weighted by Gasteiger charge is -2.23. The molecule has 0 aliphatic heterocycles. The molecule has 0 radical (unpaired) electrons. The number of aliphatic hydroxyl groups is 1. The minimum absolute atomic E-state index is 0.114. The summed E-state index contributed by atoms with van der Waals surface area (Å²) in [6, 6.07) is 7.26. The second-order valence-corrected chi connectivity index (χ2v) is 3.46. The van der Waals surface area contributed by atoms with Crippen LogP contribution in [-0.2, 0) is 5.54 Å². The van der Waals surface area contributed by atoms with Crippen molar-refractivity contribution in [3.63, 3.8) is 0 Å². The Morgan fingerprint density at radius 1 is 1.50 bits per heavy atom. The van der Waals surface area contributed by atoms with Crippen LogP contribution in [0, 0.1) is 0 Å². The summed E-state index contributed by atoms with van der Waals surface area (Å²) in [5.74, 6) is 0. The van der Waals surface area contributed by atoms with Crippen LogP contribution in [0.5, 0.6) is 0 Å². The molecule has 0 aliphatic carbocycles.